The molecular formula is C18H22NO2+. The lowest BCUT2D eigenvalue weighted by molar-refractivity contribution is -0.697. The number of phenolic OH excluding ortho intramolecular Hbond substituents is 1. The molecule has 1 aliphatic carbocycles. The number of fused-ring (bicyclic) bond motifs is 1. The van der Waals surface area contributed by atoms with Crippen LogP contribution in [0.3, 0.4) is 0 Å². The van der Waals surface area contributed by atoms with Gasteiger partial charge in [-0.25, -0.2) is 4.57 Å². The van der Waals surface area contributed by atoms with Gasteiger partial charge < -0.3 is 10.2 Å². The lowest BCUT2D eigenvalue weighted by atomic mass is 10.0. The van der Waals surface area contributed by atoms with Gasteiger partial charge in [-0.15, -0.1) is 0 Å². The van der Waals surface area contributed by atoms with Gasteiger partial charge in [0.15, 0.2) is 18.9 Å². The fourth-order valence-electron chi connectivity index (χ4n) is 3.19. The molecule has 3 heteroatoms. The minimum absolute atomic E-state index is 0.120. The van der Waals surface area contributed by atoms with Crippen molar-refractivity contribution >= 4 is 0 Å². The molecule has 0 saturated carbocycles. The van der Waals surface area contributed by atoms with Crippen LogP contribution < -0.4 is 4.57 Å². The van der Waals surface area contributed by atoms with Gasteiger partial charge >= 0.3 is 0 Å². The van der Waals surface area contributed by atoms with Crippen LogP contribution in [0.1, 0.15) is 41.5 Å². The molecule has 0 bridgehead atoms. The highest BCUT2D eigenvalue weighted by atomic mass is 16.3. The number of phenols is 1. The average Bonchev–Trinajstić information content (AvgIpc) is 2.87. The van der Waals surface area contributed by atoms with Crippen LogP contribution >= 0.6 is 0 Å². The van der Waals surface area contributed by atoms with Crippen LogP contribution in [0.25, 0.3) is 0 Å². The average molecular weight is 284 g/mol. The second-order valence-corrected chi connectivity index (χ2v) is 5.97. The van der Waals surface area contributed by atoms with E-state index < -0.39 is 0 Å². The molecule has 1 atom stereocenters. The van der Waals surface area contributed by atoms with Gasteiger partial charge in [-0.1, -0.05) is 19.1 Å². The molecule has 3 rings (SSSR count). The highest BCUT2D eigenvalue weighted by Crippen LogP contribution is 2.33. The number of aromatic nitrogens is 1. The number of aromatic hydroxyl groups is 1. The molecule has 0 fully saturated rings. The van der Waals surface area contributed by atoms with Crippen LogP contribution in [0.5, 0.6) is 5.75 Å². The second kappa shape index (κ2) is 5.86. The summed E-state index contributed by atoms with van der Waals surface area (Å²) < 4.78 is 2.19. The Bertz CT molecular complexity index is 634. The fourth-order valence-corrected chi connectivity index (χ4v) is 3.19. The first-order chi connectivity index (χ1) is 10.2. The zero-order valence-corrected chi connectivity index (χ0v) is 12.4. The zero-order chi connectivity index (χ0) is 14.8. The maximum absolute atomic E-state index is 9.59. The summed E-state index contributed by atoms with van der Waals surface area (Å²) in [5.41, 5.74) is 5.03. The largest absolute Gasteiger partial charge is 0.508 e. The van der Waals surface area contributed by atoms with E-state index in [0.29, 0.717) is 11.7 Å². The molecule has 21 heavy (non-hydrogen) atoms. The van der Waals surface area contributed by atoms with E-state index in [0.717, 1.165) is 24.9 Å². The fraction of sp³-hybridized carbons (Fsp3) is 0.389. The van der Waals surface area contributed by atoms with E-state index in [1.165, 1.54) is 23.1 Å². The van der Waals surface area contributed by atoms with Gasteiger partial charge in [-0.3, -0.25) is 0 Å². The molecular weight excluding hydrogens is 262 g/mol. The first kappa shape index (κ1) is 14.1. The molecule has 1 heterocycles. The standard InChI is InChI=1S/C18H21NO2/c1-13-2-7-17-15(12-20)10-19(11-18(13)17)9-8-14-3-5-16(21)6-4-14/h3-6,10-11,13,20H,2,7-9,12H2,1H3/p+1. The number of rotatable bonds is 4. The molecule has 110 valence electrons. The predicted molar refractivity (Wildman–Crippen MR) is 81.1 cm³/mol. The van der Waals surface area contributed by atoms with Gasteiger partial charge in [0.25, 0.3) is 0 Å². The van der Waals surface area contributed by atoms with Crippen molar-refractivity contribution in [1.29, 1.82) is 0 Å². The van der Waals surface area contributed by atoms with Crippen molar-refractivity contribution in [2.45, 2.75) is 45.3 Å². The third-order valence-corrected chi connectivity index (χ3v) is 4.49. The Hall–Kier alpha value is -1.87. The van der Waals surface area contributed by atoms with Crippen LogP contribution in [-0.4, -0.2) is 10.2 Å². The molecule has 0 saturated heterocycles. The SMILES string of the molecule is CC1CCc2c(CO)c[n+](CCc3ccc(O)cc3)cc21. The molecule has 0 spiro atoms. The summed E-state index contributed by atoms with van der Waals surface area (Å²) in [5.74, 6) is 0.895. The summed E-state index contributed by atoms with van der Waals surface area (Å²) in [6.45, 7) is 3.27. The van der Waals surface area contributed by atoms with Crippen molar-refractivity contribution in [3.63, 3.8) is 0 Å². The predicted octanol–water partition coefficient (Wildman–Crippen LogP) is 2.46. The molecule has 0 aliphatic heterocycles. The Morgan fingerprint density at radius 2 is 1.95 bits per heavy atom. The third kappa shape index (κ3) is 2.93. The third-order valence-electron chi connectivity index (χ3n) is 4.49. The van der Waals surface area contributed by atoms with Crippen molar-refractivity contribution < 1.29 is 14.8 Å². The van der Waals surface area contributed by atoms with Crippen molar-refractivity contribution in [2.75, 3.05) is 0 Å². The topological polar surface area (TPSA) is 44.3 Å². The number of aliphatic hydroxyl groups is 1. The maximum atomic E-state index is 9.59. The number of benzene rings is 1. The number of aryl methyl sites for hydroxylation is 2. The van der Waals surface area contributed by atoms with Gasteiger partial charge in [0.2, 0.25) is 0 Å². The summed E-state index contributed by atoms with van der Waals surface area (Å²) in [5, 5.41) is 18.9. The molecule has 0 amide bonds. The number of aliphatic hydroxyl groups excluding tert-OH is 1. The van der Waals surface area contributed by atoms with Crippen LogP contribution in [0, 0.1) is 0 Å². The van der Waals surface area contributed by atoms with Crippen molar-refractivity contribution in [1.82, 2.24) is 0 Å². The molecule has 2 N–H and O–H groups in total. The van der Waals surface area contributed by atoms with E-state index in [1.54, 1.807) is 12.1 Å². The Morgan fingerprint density at radius 1 is 1.19 bits per heavy atom. The first-order valence-corrected chi connectivity index (χ1v) is 7.61. The Kier molecular flexibility index (Phi) is 3.93. The molecule has 2 aromatic rings. The van der Waals surface area contributed by atoms with Gasteiger partial charge in [-0.2, -0.15) is 0 Å². The highest BCUT2D eigenvalue weighted by molar-refractivity contribution is 5.36. The molecule has 1 unspecified atom stereocenters. The van der Waals surface area contributed by atoms with Crippen molar-refractivity contribution in [2.24, 2.45) is 0 Å². The van der Waals surface area contributed by atoms with E-state index >= 15 is 0 Å². The quantitative estimate of drug-likeness (QED) is 0.847. The molecule has 1 aliphatic rings. The summed E-state index contributed by atoms with van der Waals surface area (Å²) in [4.78, 5) is 0. The molecule has 0 radical (unpaired) electrons. The minimum Gasteiger partial charge on any atom is -0.508 e. The minimum atomic E-state index is 0.120. The summed E-state index contributed by atoms with van der Waals surface area (Å²) in [6, 6.07) is 7.37. The monoisotopic (exact) mass is 284 g/mol. The summed E-state index contributed by atoms with van der Waals surface area (Å²) in [6.07, 6.45) is 7.52. The lowest BCUT2D eigenvalue weighted by Gasteiger charge is -2.08. The second-order valence-electron chi connectivity index (χ2n) is 5.97. The van der Waals surface area contributed by atoms with E-state index in [-0.39, 0.29) is 6.61 Å². The Morgan fingerprint density at radius 3 is 2.67 bits per heavy atom. The van der Waals surface area contributed by atoms with E-state index in [2.05, 4.69) is 23.9 Å². The number of nitrogens with zero attached hydrogens (tertiary/aromatic N) is 1. The van der Waals surface area contributed by atoms with Gasteiger partial charge in [0.1, 0.15) is 5.75 Å². The van der Waals surface area contributed by atoms with Crippen LogP contribution in [0.4, 0.5) is 0 Å². The molecule has 1 aromatic heterocycles. The van der Waals surface area contributed by atoms with Gasteiger partial charge in [-0.05, 0) is 42.0 Å². The van der Waals surface area contributed by atoms with Gasteiger partial charge in [0.05, 0.1) is 6.61 Å². The van der Waals surface area contributed by atoms with E-state index in [1.807, 2.05) is 12.1 Å². The zero-order valence-electron chi connectivity index (χ0n) is 12.4. The van der Waals surface area contributed by atoms with Crippen LogP contribution in [-0.2, 0) is 26.0 Å². The number of hydrogen-bond donors (Lipinski definition) is 2. The first-order valence-electron chi connectivity index (χ1n) is 7.61. The van der Waals surface area contributed by atoms with Crippen LogP contribution in [0.15, 0.2) is 36.7 Å². The summed E-state index contributed by atoms with van der Waals surface area (Å²) >= 11 is 0. The molecule has 3 nitrogen and oxygen atoms in total. The normalized spacial score (nSPS) is 17.0. The lowest BCUT2D eigenvalue weighted by Crippen LogP contribution is -2.36. The number of pyridine rings is 1. The van der Waals surface area contributed by atoms with E-state index in [9.17, 15) is 10.2 Å². The smallest absolute Gasteiger partial charge is 0.174 e. The summed E-state index contributed by atoms with van der Waals surface area (Å²) in [7, 11) is 0. The Labute approximate surface area is 125 Å². The Balaban J connectivity index is 1.79. The van der Waals surface area contributed by atoms with Crippen molar-refractivity contribution in [3.8, 4) is 5.75 Å². The van der Waals surface area contributed by atoms with Gasteiger partial charge in [0, 0.05) is 17.5 Å². The van der Waals surface area contributed by atoms with Crippen molar-refractivity contribution in [3.05, 3.63) is 58.9 Å². The number of hydrogen-bond acceptors (Lipinski definition) is 2. The van der Waals surface area contributed by atoms with Crippen LogP contribution in [0.2, 0.25) is 0 Å². The van der Waals surface area contributed by atoms with E-state index in [4.69, 9.17) is 0 Å². The highest BCUT2D eigenvalue weighted by Gasteiger charge is 2.25. The molecule has 1 aromatic carbocycles. The maximum Gasteiger partial charge on any atom is 0.174 e.